The first kappa shape index (κ1) is 28.1. The molecule has 2 saturated heterocycles. The zero-order valence-electron chi connectivity index (χ0n) is 22.3. The second-order valence-corrected chi connectivity index (χ2v) is 14.6. The maximum atomic E-state index is 12.9. The molecular formula is C28H37N3O6S2. The molecule has 0 bridgehead atoms. The Hall–Kier alpha value is -2.47. The van der Waals surface area contributed by atoms with Crippen molar-refractivity contribution in [1.29, 1.82) is 0 Å². The van der Waals surface area contributed by atoms with Gasteiger partial charge in [0.1, 0.15) is 6.61 Å². The average molecular weight is 576 g/mol. The van der Waals surface area contributed by atoms with E-state index >= 15 is 0 Å². The Labute approximate surface area is 231 Å². The highest BCUT2D eigenvalue weighted by Crippen LogP contribution is 2.39. The van der Waals surface area contributed by atoms with Crippen LogP contribution in [0, 0.1) is 12.8 Å². The number of rotatable bonds is 8. The quantitative estimate of drug-likeness (QED) is 0.478. The van der Waals surface area contributed by atoms with Crippen LogP contribution in [0.15, 0.2) is 53.4 Å². The van der Waals surface area contributed by atoms with Crippen molar-refractivity contribution in [2.75, 3.05) is 31.1 Å². The summed E-state index contributed by atoms with van der Waals surface area (Å²) in [6.45, 7) is 3.39. The minimum absolute atomic E-state index is 0.0323. The third kappa shape index (κ3) is 6.01. The third-order valence-electron chi connectivity index (χ3n) is 8.15. The van der Waals surface area contributed by atoms with Gasteiger partial charge >= 0.3 is 5.97 Å². The molecule has 11 heteroatoms. The molecule has 212 valence electrons. The molecule has 1 saturated carbocycles. The van der Waals surface area contributed by atoms with Gasteiger partial charge in [-0.05, 0) is 69.0 Å². The number of anilines is 1. The van der Waals surface area contributed by atoms with Gasteiger partial charge in [-0.25, -0.2) is 21.6 Å². The molecule has 2 heterocycles. The minimum Gasteiger partial charge on any atom is -0.460 e. The van der Waals surface area contributed by atoms with Gasteiger partial charge in [0.05, 0.1) is 28.4 Å². The van der Waals surface area contributed by atoms with Crippen LogP contribution < -0.4 is 9.62 Å². The first-order valence-corrected chi connectivity index (χ1v) is 16.8. The van der Waals surface area contributed by atoms with Crippen molar-refractivity contribution >= 4 is 31.7 Å². The van der Waals surface area contributed by atoms with Crippen molar-refractivity contribution in [1.82, 2.24) is 9.03 Å². The number of piperidine rings is 1. The number of fused-ring (bicyclic) bond motifs is 1. The molecule has 1 aliphatic carbocycles. The molecule has 39 heavy (non-hydrogen) atoms. The molecule has 0 spiro atoms. The number of nitrogens with one attached hydrogen (secondary N) is 1. The van der Waals surface area contributed by atoms with Crippen LogP contribution in [-0.2, 0) is 24.8 Å². The first-order valence-electron chi connectivity index (χ1n) is 13.8. The van der Waals surface area contributed by atoms with Crippen LogP contribution >= 0.6 is 0 Å². The molecule has 2 aliphatic heterocycles. The van der Waals surface area contributed by atoms with Gasteiger partial charge in [0.25, 0.3) is 0 Å². The topological polar surface area (TPSA) is 113 Å². The number of sulfonamides is 2. The maximum absolute atomic E-state index is 12.9. The fraction of sp³-hybridized carbons (Fsp3) is 0.536. The number of esters is 1. The Kier molecular flexibility index (Phi) is 8.32. The summed E-state index contributed by atoms with van der Waals surface area (Å²) in [7, 11) is -7.00. The molecule has 0 radical (unpaired) electrons. The normalized spacial score (nSPS) is 25.1. The van der Waals surface area contributed by atoms with Crippen molar-refractivity contribution in [2.24, 2.45) is 5.92 Å². The zero-order chi connectivity index (χ0) is 27.6. The fourth-order valence-electron chi connectivity index (χ4n) is 6.01. The van der Waals surface area contributed by atoms with E-state index in [-0.39, 0.29) is 23.0 Å². The summed E-state index contributed by atoms with van der Waals surface area (Å²) in [6.07, 6.45) is 5.74. The minimum atomic E-state index is -3.58. The number of carbonyl (C=O) groups is 1. The number of hydrogen-bond donors (Lipinski definition) is 1. The van der Waals surface area contributed by atoms with Crippen molar-refractivity contribution in [3.8, 4) is 0 Å². The summed E-state index contributed by atoms with van der Waals surface area (Å²) in [5, 5.41) is -0.397. The van der Waals surface area contributed by atoms with E-state index in [1.54, 1.807) is 0 Å². The van der Waals surface area contributed by atoms with Crippen molar-refractivity contribution in [2.45, 2.75) is 68.2 Å². The van der Waals surface area contributed by atoms with Gasteiger partial charge in [0.2, 0.25) is 20.0 Å². The lowest BCUT2D eigenvalue weighted by Gasteiger charge is -2.36. The number of aryl methyl sites for hydroxylation is 1. The Morgan fingerprint density at radius 1 is 0.974 bits per heavy atom. The summed E-state index contributed by atoms with van der Waals surface area (Å²) < 4.78 is 61.6. The highest BCUT2D eigenvalue weighted by molar-refractivity contribution is 7.90. The number of ether oxygens (including phenoxy) is 1. The number of nitrogens with zero attached hydrogens (tertiary/aromatic N) is 2. The maximum Gasteiger partial charge on any atom is 0.338 e. The Balaban J connectivity index is 1.26. The lowest BCUT2D eigenvalue weighted by atomic mass is 9.86. The molecule has 3 unspecified atom stereocenters. The van der Waals surface area contributed by atoms with Gasteiger partial charge in [-0.1, -0.05) is 37.0 Å². The largest absolute Gasteiger partial charge is 0.460 e. The third-order valence-corrected chi connectivity index (χ3v) is 12.0. The van der Waals surface area contributed by atoms with E-state index in [0.29, 0.717) is 26.1 Å². The Morgan fingerprint density at radius 3 is 2.33 bits per heavy atom. The predicted octanol–water partition coefficient (Wildman–Crippen LogP) is 3.65. The number of hydrogen-bond acceptors (Lipinski definition) is 7. The van der Waals surface area contributed by atoms with Gasteiger partial charge in [-0.2, -0.15) is 9.03 Å². The number of carbonyl (C=O) groups excluding carboxylic acids is 1. The molecular weight excluding hydrogens is 538 g/mol. The van der Waals surface area contributed by atoms with Crippen LogP contribution in [-0.4, -0.2) is 64.8 Å². The zero-order valence-corrected chi connectivity index (χ0v) is 23.9. The molecule has 5 rings (SSSR count). The monoisotopic (exact) mass is 575 g/mol. The molecule has 2 aromatic carbocycles. The van der Waals surface area contributed by atoms with E-state index in [1.807, 2.05) is 36.1 Å². The van der Waals surface area contributed by atoms with E-state index < -0.39 is 37.4 Å². The molecule has 3 aliphatic rings. The molecule has 3 atom stereocenters. The Morgan fingerprint density at radius 2 is 1.64 bits per heavy atom. The molecule has 0 amide bonds. The molecule has 2 aromatic rings. The summed E-state index contributed by atoms with van der Waals surface area (Å²) in [6, 6.07) is 13.8. The van der Waals surface area contributed by atoms with Crippen LogP contribution in [0.3, 0.4) is 0 Å². The second kappa shape index (κ2) is 11.6. The van der Waals surface area contributed by atoms with E-state index in [1.165, 1.54) is 28.6 Å². The van der Waals surface area contributed by atoms with E-state index in [9.17, 15) is 21.6 Å². The Bertz CT molecular complexity index is 1370. The number of benzene rings is 2. The van der Waals surface area contributed by atoms with E-state index in [2.05, 4.69) is 4.72 Å². The van der Waals surface area contributed by atoms with Crippen LogP contribution in [0.25, 0.3) is 0 Å². The molecule has 0 aromatic heterocycles. The molecule has 1 N–H and O–H groups in total. The summed E-state index contributed by atoms with van der Waals surface area (Å²) in [5.74, 6) is -0.585. The molecule has 3 fully saturated rings. The van der Waals surface area contributed by atoms with Crippen LogP contribution in [0.1, 0.15) is 60.9 Å². The van der Waals surface area contributed by atoms with Crippen molar-refractivity contribution in [3.63, 3.8) is 0 Å². The van der Waals surface area contributed by atoms with E-state index in [4.69, 9.17) is 4.74 Å². The fourth-order valence-corrected chi connectivity index (χ4v) is 9.56. The van der Waals surface area contributed by atoms with Crippen molar-refractivity contribution < 1.29 is 26.4 Å². The average Bonchev–Trinajstić information content (AvgIpc) is 3.22. The lowest BCUT2D eigenvalue weighted by Crippen LogP contribution is -2.48. The highest BCUT2D eigenvalue weighted by atomic mass is 32.2. The SMILES string of the molecule is Cc1ccc(N(CCOC(=O)c2ccc(S(=O)(=O)N3CCCCC3)cc2)C2NS(=O)(=O)C3CCCCC23)cc1. The second-order valence-electron chi connectivity index (χ2n) is 10.7. The van der Waals surface area contributed by atoms with Gasteiger partial charge < -0.3 is 9.64 Å². The standard InChI is InChI=1S/C28H37N3O6S2/c1-21-9-13-23(14-10-21)31(27-25-7-3-4-8-26(25)38(33,34)29-27)19-20-37-28(32)22-11-15-24(16-12-22)39(35,36)30-17-5-2-6-18-30/h9-16,25-27,29H,2-8,17-20H2,1H3. The molecule has 9 nitrogen and oxygen atoms in total. The van der Waals surface area contributed by atoms with Gasteiger partial charge in [-0.15, -0.1) is 0 Å². The first-order chi connectivity index (χ1) is 18.7. The lowest BCUT2D eigenvalue weighted by molar-refractivity contribution is 0.0511. The smallest absolute Gasteiger partial charge is 0.338 e. The van der Waals surface area contributed by atoms with Gasteiger partial charge in [0, 0.05) is 24.7 Å². The van der Waals surface area contributed by atoms with E-state index in [0.717, 1.165) is 49.8 Å². The summed E-state index contributed by atoms with van der Waals surface area (Å²) in [5.41, 5.74) is 2.23. The van der Waals surface area contributed by atoms with Gasteiger partial charge in [0.15, 0.2) is 0 Å². The van der Waals surface area contributed by atoms with Crippen LogP contribution in [0.5, 0.6) is 0 Å². The summed E-state index contributed by atoms with van der Waals surface area (Å²) in [4.78, 5) is 15.0. The van der Waals surface area contributed by atoms with Crippen molar-refractivity contribution in [3.05, 3.63) is 59.7 Å². The van der Waals surface area contributed by atoms with Crippen LogP contribution in [0.4, 0.5) is 5.69 Å². The van der Waals surface area contributed by atoms with Crippen LogP contribution in [0.2, 0.25) is 0 Å². The highest BCUT2D eigenvalue weighted by Gasteiger charge is 2.49. The predicted molar refractivity (Wildman–Crippen MR) is 149 cm³/mol. The van der Waals surface area contributed by atoms with Gasteiger partial charge in [-0.3, -0.25) is 0 Å². The summed E-state index contributed by atoms with van der Waals surface area (Å²) >= 11 is 0.